The zero-order valence-corrected chi connectivity index (χ0v) is 23.0. The minimum absolute atomic E-state index is 0.0631. The van der Waals surface area contributed by atoms with Gasteiger partial charge in [0.15, 0.2) is 0 Å². The third-order valence-corrected chi connectivity index (χ3v) is 6.52. The van der Waals surface area contributed by atoms with Gasteiger partial charge in [-0.2, -0.15) is 13.2 Å². The van der Waals surface area contributed by atoms with E-state index in [-0.39, 0.29) is 36.0 Å². The van der Waals surface area contributed by atoms with Gasteiger partial charge in [-0.3, -0.25) is 9.59 Å². The van der Waals surface area contributed by atoms with Crippen LogP contribution in [0.1, 0.15) is 63.2 Å². The van der Waals surface area contributed by atoms with E-state index in [2.05, 4.69) is 5.32 Å². The van der Waals surface area contributed by atoms with Crippen molar-refractivity contribution in [2.45, 2.75) is 77.3 Å². The van der Waals surface area contributed by atoms with Gasteiger partial charge in [0.25, 0.3) is 5.91 Å². The Labute approximate surface area is 223 Å². The van der Waals surface area contributed by atoms with Crippen LogP contribution in [0.15, 0.2) is 18.2 Å². The molecule has 1 aromatic carbocycles. The molecule has 2 rings (SSSR count). The molecular weight excluding hydrogens is 503 g/mol. The number of carbonyl (C=O) groups excluding carboxylic acids is 2. The van der Waals surface area contributed by atoms with Crippen molar-refractivity contribution in [3.05, 3.63) is 23.8 Å². The summed E-state index contributed by atoms with van der Waals surface area (Å²) in [4.78, 5) is 29.6. The van der Waals surface area contributed by atoms with Crippen molar-refractivity contribution in [1.29, 1.82) is 0 Å². The number of ether oxygens (including phenoxy) is 2. The number of carbonyl (C=O) groups is 2. The summed E-state index contributed by atoms with van der Waals surface area (Å²) in [6, 6.07) is 3.97. The Morgan fingerprint density at radius 2 is 1.97 bits per heavy atom. The number of benzene rings is 1. The van der Waals surface area contributed by atoms with Crippen molar-refractivity contribution in [3.63, 3.8) is 0 Å². The van der Waals surface area contributed by atoms with Crippen LogP contribution in [-0.2, 0) is 9.53 Å². The smallest absolute Gasteiger partial charge is 0.389 e. The Hall–Kier alpha value is -2.37. The number of hydrogen-bond acceptors (Lipinski definition) is 6. The first kappa shape index (κ1) is 31.8. The zero-order chi connectivity index (χ0) is 28.5. The second-order valence-electron chi connectivity index (χ2n) is 10.4. The van der Waals surface area contributed by atoms with Crippen molar-refractivity contribution in [2.24, 2.45) is 5.92 Å². The molecule has 1 aromatic rings. The molecule has 0 saturated carbocycles. The lowest BCUT2D eigenvalue weighted by atomic mass is 10.0. The highest BCUT2D eigenvalue weighted by atomic mass is 19.4. The summed E-state index contributed by atoms with van der Waals surface area (Å²) in [5.74, 6) is -0.959. The van der Waals surface area contributed by atoms with Crippen LogP contribution in [0.2, 0.25) is 0 Å². The minimum atomic E-state index is -4.44. The molecule has 0 aromatic heterocycles. The number of rotatable bonds is 7. The fourth-order valence-electron chi connectivity index (χ4n) is 4.30. The Balaban J connectivity index is 2.43. The molecule has 0 spiro atoms. The summed E-state index contributed by atoms with van der Waals surface area (Å²) < 4.78 is 49.9. The van der Waals surface area contributed by atoms with Crippen molar-refractivity contribution >= 4 is 17.5 Å². The molecule has 2 amide bonds. The molecular formula is C27H42F3N3O5. The lowest BCUT2D eigenvalue weighted by Gasteiger charge is -2.35. The van der Waals surface area contributed by atoms with E-state index in [1.54, 1.807) is 17.9 Å². The van der Waals surface area contributed by atoms with E-state index in [1.165, 1.54) is 12.1 Å². The molecule has 11 heteroatoms. The number of aliphatic hydroxyl groups is 1. The van der Waals surface area contributed by atoms with Gasteiger partial charge in [-0.15, -0.1) is 0 Å². The first-order valence-electron chi connectivity index (χ1n) is 13.2. The van der Waals surface area contributed by atoms with Gasteiger partial charge in [0, 0.05) is 37.7 Å². The highest BCUT2D eigenvalue weighted by Crippen LogP contribution is 2.29. The number of halogens is 3. The molecule has 1 aliphatic heterocycles. The lowest BCUT2D eigenvalue weighted by Crippen LogP contribution is -2.47. The van der Waals surface area contributed by atoms with Crippen LogP contribution in [0.4, 0.5) is 18.9 Å². The fraction of sp³-hybridized carbons (Fsp3) is 0.704. The van der Waals surface area contributed by atoms with Gasteiger partial charge in [-0.25, -0.2) is 0 Å². The highest BCUT2D eigenvalue weighted by molar-refractivity contribution is 5.99. The molecule has 0 radical (unpaired) electrons. The quantitative estimate of drug-likeness (QED) is 0.530. The second-order valence-corrected chi connectivity index (χ2v) is 10.4. The molecule has 38 heavy (non-hydrogen) atoms. The topological polar surface area (TPSA) is 91.3 Å². The number of amides is 2. The van der Waals surface area contributed by atoms with Crippen LogP contribution >= 0.6 is 0 Å². The summed E-state index contributed by atoms with van der Waals surface area (Å²) in [6.45, 7) is 6.93. The van der Waals surface area contributed by atoms with Crippen molar-refractivity contribution in [1.82, 2.24) is 9.80 Å². The average Bonchev–Trinajstić information content (AvgIpc) is 2.83. The summed E-state index contributed by atoms with van der Waals surface area (Å²) >= 11 is 0. The predicted molar refractivity (Wildman–Crippen MR) is 139 cm³/mol. The molecule has 216 valence electrons. The highest BCUT2D eigenvalue weighted by Gasteiger charge is 2.31. The molecule has 0 aliphatic carbocycles. The molecule has 4 atom stereocenters. The number of fused-ring (bicyclic) bond motifs is 1. The van der Waals surface area contributed by atoms with Gasteiger partial charge in [0.2, 0.25) is 5.91 Å². The fourth-order valence-corrected chi connectivity index (χ4v) is 4.30. The lowest BCUT2D eigenvalue weighted by molar-refractivity contribution is -0.142. The number of likely N-dealkylation sites (N-methyl/N-ethyl adjacent to an activating group) is 1. The number of anilines is 1. The minimum Gasteiger partial charge on any atom is -0.490 e. The Morgan fingerprint density at radius 3 is 2.61 bits per heavy atom. The third-order valence-electron chi connectivity index (χ3n) is 6.52. The van der Waals surface area contributed by atoms with Crippen LogP contribution in [0, 0.1) is 5.92 Å². The van der Waals surface area contributed by atoms with Gasteiger partial charge in [0.1, 0.15) is 5.75 Å². The van der Waals surface area contributed by atoms with E-state index in [0.29, 0.717) is 25.4 Å². The molecule has 0 unspecified atom stereocenters. The van der Waals surface area contributed by atoms with Crippen LogP contribution in [0.5, 0.6) is 5.75 Å². The van der Waals surface area contributed by atoms with E-state index in [4.69, 9.17) is 9.47 Å². The Morgan fingerprint density at radius 1 is 1.26 bits per heavy atom. The summed E-state index contributed by atoms with van der Waals surface area (Å²) in [5.41, 5.74) is 0.361. The maximum atomic E-state index is 13.9. The van der Waals surface area contributed by atoms with Crippen LogP contribution in [0.25, 0.3) is 0 Å². The Kier molecular flexibility index (Phi) is 12.3. The molecule has 0 fully saturated rings. The van der Waals surface area contributed by atoms with Gasteiger partial charge < -0.3 is 29.7 Å². The van der Waals surface area contributed by atoms with Crippen LogP contribution in [0.3, 0.4) is 0 Å². The van der Waals surface area contributed by atoms with E-state index in [1.807, 2.05) is 32.8 Å². The molecule has 2 N–H and O–H groups in total. The monoisotopic (exact) mass is 545 g/mol. The Bertz CT molecular complexity index is 912. The van der Waals surface area contributed by atoms with E-state index in [9.17, 15) is 27.9 Å². The molecule has 0 saturated heterocycles. The second kappa shape index (κ2) is 14.7. The van der Waals surface area contributed by atoms with E-state index < -0.39 is 36.9 Å². The van der Waals surface area contributed by atoms with Crippen LogP contribution < -0.4 is 10.1 Å². The van der Waals surface area contributed by atoms with Gasteiger partial charge in [0.05, 0.1) is 36.8 Å². The SMILES string of the molecule is C[C@@H]1CCCCO[C@H](CN(C)C)[C@@H](C)CN([C@H](C)CO)C(=O)c2cc(NC(=O)CCC(F)(F)F)ccc2O1. The van der Waals surface area contributed by atoms with Crippen molar-refractivity contribution in [2.75, 3.05) is 45.7 Å². The zero-order valence-electron chi connectivity index (χ0n) is 23.0. The average molecular weight is 546 g/mol. The van der Waals surface area contributed by atoms with Gasteiger partial charge in [-0.1, -0.05) is 6.92 Å². The number of nitrogens with one attached hydrogen (secondary N) is 1. The van der Waals surface area contributed by atoms with Crippen molar-refractivity contribution < 1.29 is 37.3 Å². The predicted octanol–water partition coefficient (Wildman–Crippen LogP) is 4.32. The number of alkyl halides is 3. The molecule has 1 heterocycles. The van der Waals surface area contributed by atoms with Gasteiger partial charge in [-0.05, 0) is 65.4 Å². The number of hydrogen-bond donors (Lipinski definition) is 2. The number of nitrogens with zero attached hydrogens (tertiary/aromatic N) is 2. The van der Waals surface area contributed by atoms with Gasteiger partial charge >= 0.3 is 6.18 Å². The largest absolute Gasteiger partial charge is 0.490 e. The summed E-state index contributed by atoms with van der Waals surface area (Å²) in [5, 5.41) is 12.4. The van der Waals surface area contributed by atoms with Crippen LogP contribution in [-0.4, -0.2) is 91.5 Å². The normalized spacial score (nSPS) is 22.8. The maximum Gasteiger partial charge on any atom is 0.389 e. The summed E-state index contributed by atoms with van der Waals surface area (Å²) in [6.07, 6.45) is -4.29. The maximum absolute atomic E-state index is 13.9. The summed E-state index contributed by atoms with van der Waals surface area (Å²) in [7, 11) is 3.92. The number of aliphatic hydroxyl groups excluding tert-OH is 1. The molecule has 1 aliphatic rings. The standard InChI is InChI=1S/C27H42F3N3O5/c1-18-15-33(19(2)17-34)26(36)22-14-21(31-25(35)11-12-27(28,29)30)9-10-23(22)38-20(3)8-6-7-13-37-24(18)16-32(4)5/h9-10,14,18-20,24,34H,6-8,11-13,15-17H2,1-5H3,(H,31,35)/t18-,19+,20+,24+/m0/s1. The molecule has 0 bridgehead atoms. The third kappa shape index (κ3) is 10.4. The first-order chi connectivity index (χ1) is 17.8. The van der Waals surface area contributed by atoms with E-state index >= 15 is 0 Å². The van der Waals surface area contributed by atoms with E-state index in [0.717, 1.165) is 19.3 Å². The first-order valence-corrected chi connectivity index (χ1v) is 13.2. The van der Waals surface area contributed by atoms with Crippen molar-refractivity contribution in [3.8, 4) is 5.75 Å². The molecule has 8 nitrogen and oxygen atoms in total.